The van der Waals surface area contributed by atoms with Gasteiger partial charge in [-0.2, -0.15) is 0 Å². The molecule has 223 valence electrons. The minimum atomic E-state index is -0.270. The van der Waals surface area contributed by atoms with Gasteiger partial charge in [0.2, 0.25) is 0 Å². The topological polar surface area (TPSA) is 52.3 Å². The van der Waals surface area contributed by atoms with E-state index in [4.69, 9.17) is 10.5 Å². The molecule has 0 amide bonds. The highest BCUT2D eigenvalue weighted by atomic mass is 28.1. The fourth-order valence-electron chi connectivity index (χ4n) is 10.6. The molecule has 3 fully saturated rings. The first-order valence-electron chi connectivity index (χ1n) is 16.4. The van der Waals surface area contributed by atoms with Crippen LogP contribution >= 0.6 is 0 Å². The van der Waals surface area contributed by atoms with Gasteiger partial charge in [-0.15, -0.1) is 0 Å². The van der Waals surface area contributed by atoms with Crippen molar-refractivity contribution in [3.05, 3.63) is 47.1 Å². The Bertz CT molecular complexity index is 1190. The third kappa shape index (κ3) is 5.52. The van der Waals surface area contributed by atoms with E-state index in [9.17, 15) is 4.79 Å². The lowest BCUT2D eigenvalue weighted by Gasteiger charge is -2.61. The van der Waals surface area contributed by atoms with E-state index < -0.39 is 0 Å². The standard InChI is InChI=1S/C37H54NO2Si/c1-23(2)10-8-9-11-24(3)29-13-14-30-28-12-15-32-35(4,5)33(40-34(39)25-20-26(38)22-27(41)21-25)17-19-37(32,7)31(28)16-18-36(29,30)6/h10,15,20-22,24,28-31,33H,8-9,11-14,16-19,38H2,1-7H3. The fraction of sp³-hybridized carbons (Fsp3) is 0.703. The average molecular weight is 573 g/mol. The molecule has 0 aliphatic heterocycles. The van der Waals surface area contributed by atoms with E-state index in [0.29, 0.717) is 16.7 Å². The molecule has 1 aromatic carbocycles. The zero-order valence-corrected chi connectivity index (χ0v) is 27.8. The molecule has 0 heterocycles. The van der Waals surface area contributed by atoms with Crippen molar-refractivity contribution in [2.24, 2.45) is 45.8 Å². The summed E-state index contributed by atoms with van der Waals surface area (Å²) in [5, 5.41) is 0.796. The Labute approximate surface area is 253 Å². The summed E-state index contributed by atoms with van der Waals surface area (Å²) in [6, 6.07) is 5.33. The number of fused-ring (bicyclic) bond motifs is 5. The Kier molecular flexibility index (Phi) is 8.49. The number of nitrogens with two attached hydrogens (primary N) is 1. The van der Waals surface area contributed by atoms with Crippen molar-refractivity contribution in [1.82, 2.24) is 0 Å². The van der Waals surface area contributed by atoms with E-state index in [1.807, 2.05) is 0 Å². The van der Waals surface area contributed by atoms with Gasteiger partial charge in [-0.3, -0.25) is 0 Å². The van der Waals surface area contributed by atoms with Gasteiger partial charge in [-0.1, -0.05) is 69.5 Å². The van der Waals surface area contributed by atoms with Crippen LogP contribution in [0, 0.1) is 45.8 Å². The van der Waals surface area contributed by atoms with E-state index >= 15 is 0 Å². The quantitative estimate of drug-likeness (QED) is 0.117. The van der Waals surface area contributed by atoms with Crippen LogP contribution in [-0.2, 0) is 4.74 Å². The van der Waals surface area contributed by atoms with Gasteiger partial charge in [0.1, 0.15) is 6.10 Å². The highest BCUT2D eigenvalue weighted by molar-refractivity contribution is 6.33. The Morgan fingerprint density at radius 2 is 1.83 bits per heavy atom. The molecular formula is C37H54NO2Si. The first kappa shape index (κ1) is 30.6. The summed E-state index contributed by atoms with van der Waals surface area (Å²) in [5.74, 6) is 3.81. The number of hydrogen-bond donors (Lipinski definition) is 1. The zero-order chi connectivity index (χ0) is 29.7. The normalized spacial score (nSPS) is 36.3. The molecular weight excluding hydrogens is 518 g/mol. The second-order valence-corrected chi connectivity index (χ2v) is 16.1. The molecule has 4 heteroatoms. The Morgan fingerprint density at radius 3 is 2.54 bits per heavy atom. The van der Waals surface area contributed by atoms with Crippen molar-refractivity contribution in [3.8, 4) is 0 Å². The molecule has 4 aliphatic rings. The maximum atomic E-state index is 13.2. The number of ether oxygens (including phenoxy) is 1. The van der Waals surface area contributed by atoms with Gasteiger partial charge in [0, 0.05) is 11.1 Å². The Balaban J connectivity index is 1.31. The largest absolute Gasteiger partial charge is 0.458 e. The van der Waals surface area contributed by atoms with Crippen molar-refractivity contribution >= 4 is 27.1 Å². The smallest absolute Gasteiger partial charge is 0.338 e. The van der Waals surface area contributed by atoms with E-state index in [0.717, 1.165) is 47.6 Å². The lowest BCUT2D eigenvalue weighted by atomic mass is 9.44. The SMILES string of the molecule is CC(C)=CCCCC(C)C1CCC2C3CC=C4C(C)(C)C(OC(=O)c5cc(N)cc([Si])c5)CCC4(C)C3CCC12C. The number of benzene rings is 1. The molecule has 3 nitrogen and oxygen atoms in total. The first-order chi connectivity index (χ1) is 19.3. The van der Waals surface area contributed by atoms with Crippen LogP contribution in [0.3, 0.4) is 0 Å². The third-order valence-electron chi connectivity index (χ3n) is 12.5. The molecule has 8 unspecified atom stereocenters. The van der Waals surface area contributed by atoms with Crippen LogP contribution < -0.4 is 10.9 Å². The third-order valence-corrected chi connectivity index (χ3v) is 12.8. The van der Waals surface area contributed by atoms with Gasteiger partial charge in [0.05, 0.1) is 15.8 Å². The van der Waals surface area contributed by atoms with Gasteiger partial charge in [0.15, 0.2) is 0 Å². The molecule has 0 bridgehead atoms. The number of anilines is 1. The van der Waals surface area contributed by atoms with Gasteiger partial charge < -0.3 is 10.5 Å². The van der Waals surface area contributed by atoms with Gasteiger partial charge >= 0.3 is 5.97 Å². The summed E-state index contributed by atoms with van der Waals surface area (Å²) < 4.78 is 6.25. The molecule has 0 aromatic heterocycles. The van der Waals surface area contributed by atoms with Gasteiger partial charge in [-0.25, -0.2) is 4.79 Å². The fourth-order valence-corrected chi connectivity index (χ4v) is 10.9. The van der Waals surface area contributed by atoms with E-state index in [-0.39, 0.29) is 22.9 Å². The number of carbonyl (C=O) groups is 1. The second-order valence-electron chi connectivity index (χ2n) is 15.6. The molecule has 4 aliphatic carbocycles. The second kappa shape index (κ2) is 11.4. The number of esters is 1. The van der Waals surface area contributed by atoms with Crippen molar-refractivity contribution in [2.75, 3.05) is 5.73 Å². The van der Waals surface area contributed by atoms with Crippen molar-refractivity contribution in [1.29, 1.82) is 0 Å². The highest BCUT2D eigenvalue weighted by Crippen LogP contribution is 2.69. The molecule has 3 radical (unpaired) electrons. The summed E-state index contributed by atoms with van der Waals surface area (Å²) in [7, 11) is 3.52. The maximum absolute atomic E-state index is 13.2. The van der Waals surface area contributed by atoms with Crippen LogP contribution in [0.2, 0.25) is 0 Å². The van der Waals surface area contributed by atoms with Crippen LogP contribution in [0.5, 0.6) is 0 Å². The van der Waals surface area contributed by atoms with Crippen LogP contribution in [0.15, 0.2) is 41.5 Å². The number of carbonyl (C=O) groups excluding carboxylic acids is 1. The summed E-state index contributed by atoms with van der Waals surface area (Å²) in [4.78, 5) is 13.2. The van der Waals surface area contributed by atoms with Crippen LogP contribution in [0.4, 0.5) is 5.69 Å². The van der Waals surface area contributed by atoms with Crippen molar-refractivity contribution in [3.63, 3.8) is 0 Å². The molecule has 0 saturated heterocycles. The minimum absolute atomic E-state index is 0.123. The molecule has 5 rings (SSSR count). The monoisotopic (exact) mass is 572 g/mol. The molecule has 0 spiro atoms. The van der Waals surface area contributed by atoms with Gasteiger partial charge in [-0.05, 0) is 130 Å². The van der Waals surface area contributed by atoms with Crippen LogP contribution in [-0.4, -0.2) is 22.3 Å². The minimum Gasteiger partial charge on any atom is -0.458 e. The number of hydrogen-bond acceptors (Lipinski definition) is 3. The predicted molar refractivity (Wildman–Crippen MR) is 172 cm³/mol. The number of unbranched alkanes of at least 4 members (excludes halogenated alkanes) is 1. The summed E-state index contributed by atoms with van der Waals surface area (Å²) in [6.45, 7) is 16.9. The Hall–Kier alpha value is -1.81. The predicted octanol–water partition coefficient (Wildman–Crippen LogP) is 8.58. The lowest BCUT2D eigenvalue weighted by Crippen LogP contribution is -2.55. The first-order valence-corrected chi connectivity index (χ1v) is 16.9. The molecule has 8 atom stereocenters. The molecule has 1 aromatic rings. The number of allylic oxidation sites excluding steroid dienone is 3. The zero-order valence-electron chi connectivity index (χ0n) is 26.8. The van der Waals surface area contributed by atoms with Crippen LogP contribution in [0.1, 0.15) is 123 Å². The Morgan fingerprint density at radius 1 is 1.07 bits per heavy atom. The summed E-state index contributed by atoms with van der Waals surface area (Å²) in [5.41, 5.74) is 10.6. The number of rotatable bonds is 7. The van der Waals surface area contributed by atoms with Crippen LogP contribution in [0.25, 0.3) is 0 Å². The molecule has 41 heavy (non-hydrogen) atoms. The molecule has 3 saturated carbocycles. The summed E-state index contributed by atoms with van der Waals surface area (Å²) in [6.07, 6.45) is 17.6. The van der Waals surface area contributed by atoms with E-state index in [2.05, 4.69) is 70.9 Å². The average Bonchev–Trinajstić information content (AvgIpc) is 3.25. The van der Waals surface area contributed by atoms with Crippen molar-refractivity contribution in [2.45, 2.75) is 119 Å². The molecule has 2 N–H and O–H groups in total. The highest BCUT2D eigenvalue weighted by Gasteiger charge is 2.61. The van der Waals surface area contributed by atoms with E-state index in [1.165, 1.54) is 56.9 Å². The number of nitrogen functional groups attached to an aromatic ring is 1. The van der Waals surface area contributed by atoms with Gasteiger partial charge in [0.25, 0.3) is 0 Å². The lowest BCUT2D eigenvalue weighted by molar-refractivity contribution is -0.0827. The van der Waals surface area contributed by atoms with Crippen molar-refractivity contribution < 1.29 is 9.53 Å². The maximum Gasteiger partial charge on any atom is 0.338 e. The summed E-state index contributed by atoms with van der Waals surface area (Å²) >= 11 is 0. The van der Waals surface area contributed by atoms with E-state index in [1.54, 1.807) is 23.8 Å².